The van der Waals surface area contributed by atoms with Crippen molar-refractivity contribution in [1.82, 2.24) is 0 Å². The van der Waals surface area contributed by atoms with Gasteiger partial charge in [-0.2, -0.15) is 0 Å². The molecule has 2 heterocycles. The lowest BCUT2D eigenvalue weighted by Crippen LogP contribution is -2.60. The summed E-state index contributed by atoms with van der Waals surface area (Å²) < 4.78 is 1.09. The molecule has 0 amide bonds. The molecule has 2 bridgehead atoms. The lowest BCUT2D eigenvalue weighted by atomic mass is 9.95. The summed E-state index contributed by atoms with van der Waals surface area (Å²) in [5, 5.41) is 9.07. The quantitative estimate of drug-likeness (QED) is 0.598. The van der Waals surface area contributed by atoms with Crippen molar-refractivity contribution in [2.24, 2.45) is 5.73 Å². The smallest absolute Gasteiger partial charge is 0.102 e. The predicted octanol–water partition coefficient (Wildman–Crippen LogP) is 0.0774. The Labute approximate surface area is 80.1 Å². The maximum absolute atomic E-state index is 9.07. The van der Waals surface area contributed by atoms with Crippen LogP contribution in [0.15, 0.2) is 0 Å². The van der Waals surface area contributed by atoms with Gasteiger partial charge >= 0.3 is 0 Å². The summed E-state index contributed by atoms with van der Waals surface area (Å²) in [5.41, 5.74) is 6.00. The lowest BCUT2D eigenvalue weighted by Gasteiger charge is -2.46. The van der Waals surface area contributed by atoms with E-state index in [4.69, 9.17) is 10.8 Å². The molecule has 2 saturated heterocycles. The molecule has 76 valence electrons. The minimum Gasteiger partial charge on any atom is -0.391 e. The molecule has 2 rings (SSSR count). The van der Waals surface area contributed by atoms with Gasteiger partial charge in [0.2, 0.25) is 0 Å². The van der Waals surface area contributed by atoms with Crippen LogP contribution in [0.3, 0.4) is 0 Å². The summed E-state index contributed by atoms with van der Waals surface area (Å²) in [6.45, 7) is 1.24. The predicted molar refractivity (Wildman–Crippen MR) is 52.2 cm³/mol. The van der Waals surface area contributed by atoms with E-state index in [0.29, 0.717) is 12.6 Å². The molecule has 0 saturated carbocycles. The van der Waals surface area contributed by atoms with Gasteiger partial charge in [-0.1, -0.05) is 0 Å². The molecule has 3 heteroatoms. The zero-order chi connectivity index (χ0) is 9.47. The molecule has 2 aliphatic rings. The molecule has 0 aromatic carbocycles. The molecule has 3 N–H and O–H groups in total. The topological polar surface area (TPSA) is 46.2 Å². The second-order valence-corrected chi connectivity index (χ2v) is 4.91. The fourth-order valence-electron chi connectivity index (χ4n) is 3.37. The van der Waals surface area contributed by atoms with E-state index >= 15 is 0 Å². The van der Waals surface area contributed by atoms with Crippen LogP contribution in [0.4, 0.5) is 0 Å². The average molecular weight is 185 g/mol. The van der Waals surface area contributed by atoms with E-state index in [0.717, 1.165) is 36.0 Å². The number of nitrogens with zero attached hydrogens (tertiary/aromatic N) is 1. The number of rotatable bonds is 2. The average Bonchev–Trinajstić information content (AvgIpc) is 2.31. The molecular formula is C10H21N2O+. The molecular weight excluding hydrogens is 164 g/mol. The highest BCUT2D eigenvalue weighted by molar-refractivity contribution is 4.87. The summed E-state index contributed by atoms with van der Waals surface area (Å²) in [6, 6.07) is 1.86. The maximum Gasteiger partial charge on any atom is 0.102 e. The number of likely N-dealkylation sites (N-methyl/N-ethyl adjacent to an activating group) is 1. The van der Waals surface area contributed by atoms with Gasteiger partial charge < -0.3 is 15.3 Å². The monoisotopic (exact) mass is 185 g/mol. The highest BCUT2D eigenvalue weighted by atomic mass is 16.3. The van der Waals surface area contributed by atoms with Gasteiger partial charge in [0.1, 0.15) is 6.54 Å². The first kappa shape index (κ1) is 9.44. The number of piperidine rings is 1. The Bertz CT molecular complexity index is 181. The normalized spacial score (nSPS) is 49.6. The van der Waals surface area contributed by atoms with Crippen LogP contribution in [0, 0.1) is 0 Å². The SMILES string of the molecule is C[N+]1(CCO)C2CCC1CC(N)C2. The van der Waals surface area contributed by atoms with E-state index in [9.17, 15) is 0 Å². The van der Waals surface area contributed by atoms with Crippen LogP contribution in [0.1, 0.15) is 25.7 Å². The van der Waals surface area contributed by atoms with E-state index < -0.39 is 0 Å². The van der Waals surface area contributed by atoms with Gasteiger partial charge in [-0.3, -0.25) is 0 Å². The Hall–Kier alpha value is -0.120. The summed E-state index contributed by atoms with van der Waals surface area (Å²) in [6.07, 6.45) is 4.95. The molecule has 2 aliphatic heterocycles. The standard InChI is InChI=1S/C10H21N2O/c1-12(4-5-13)9-2-3-10(12)7-8(11)6-9/h8-10,13H,2-7,11H2,1H3/q+1. The highest BCUT2D eigenvalue weighted by Gasteiger charge is 2.50. The van der Waals surface area contributed by atoms with Crippen LogP contribution in [0.25, 0.3) is 0 Å². The second-order valence-electron chi connectivity index (χ2n) is 4.91. The van der Waals surface area contributed by atoms with Crippen molar-refractivity contribution in [3.05, 3.63) is 0 Å². The third-order valence-corrected chi connectivity index (χ3v) is 4.23. The first-order chi connectivity index (χ1) is 6.16. The number of hydrogen-bond acceptors (Lipinski definition) is 2. The van der Waals surface area contributed by atoms with Gasteiger partial charge in [-0.15, -0.1) is 0 Å². The summed E-state index contributed by atoms with van der Waals surface area (Å²) >= 11 is 0. The molecule has 2 unspecified atom stereocenters. The molecule has 0 aromatic heterocycles. The molecule has 0 radical (unpaired) electrons. The van der Waals surface area contributed by atoms with Crippen LogP contribution in [-0.4, -0.2) is 47.9 Å². The molecule has 2 fully saturated rings. The van der Waals surface area contributed by atoms with Crippen molar-refractivity contribution in [3.63, 3.8) is 0 Å². The van der Waals surface area contributed by atoms with Gasteiger partial charge in [-0.05, 0) is 0 Å². The third-order valence-electron chi connectivity index (χ3n) is 4.23. The van der Waals surface area contributed by atoms with Gasteiger partial charge in [0.15, 0.2) is 0 Å². The van der Waals surface area contributed by atoms with Crippen LogP contribution in [0.2, 0.25) is 0 Å². The Morgan fingerprint density at radius 1 is 1.31 bits per heavy atom. The Morgan fingerprint density at radius 3 is 2.31 bits per heavy atom. The molecule has 2 atom stereocenters. The van der Waals surface area contributed by atoms with Gasteiger partial charge in [0.25, 0.3) is 0 Å². The molecule has 3 nitrogen and oxygen atoms in total. The third kappa shape index (κ3) is 1.39. The van der Waals surface area contributed by atoms with E-state index in [-0.39, 0.29) is 0 Å². The molecule has 0 aromatic rings. The summed E-state index contributed by atoms with van der Waals surface area (Å²) in [7, 11) is 2.30. The molecule has 0 aliphatic carbocycles. The minimum atomic E-state index is 0.318. The van der Waals surface area contributed by atoms with Crippen molar-refractivity contribution in [2.45, 2.75) is 43.8 Å². The number of nitrogens with two attached hydrogens (primary N) is 1. The molecule has 0 spiro atoms. The van der Waals surface area contributed by atoms with Crippen LogP contribution >= 0.6 is 0 Å². The van der Waals surface area contributed by atoms with Crippen molar-refractivity contribution in [2.75, 3.05) is 20.2 Å². The largest absolute Gasteiger partial charge is 0.391 e. The number of aliphatic hydroxyl groups excluding tert-OH is 1. The van der Waals surface area contributed by atoms with E-state index in [2.05, 4.69) is 7.05 Å². The Morgan fingerprint density at radius 2 is 1.85 bits per heavy atom. The first-order valence-corrected chi connectivity index (χ1v) is 5.38. The number of aliphatic hydroxyl groups is 1. The van der Waals surface area contributed by atoms with Crippen molar-refractivity contribution < 1.29 is 9.59 Å². The van der Waals surface area contributed by atoms with Crippen molar-refractivity contribution in [1.29, 1.82) is 0 Å². The fraction of sp³-hybridized carbons (Fsp3) is 1.00. The van der Waals surface area contributed by atoms with Gasteiger partial charge in [0, 0.05) is 31.7 Å². The van der Waals surface area contributed by atoms with Gasteiger partial charge in [-0.25, -0.2) is 0 Å². The van der Waals surface area contributed by atoms with Crippen LogP contribution < -0.4 is 5.73 Å². The van der Waals surface area contributed by atoms with E-state index in [1.165, 1.54) is 12.8 Å². The zero-order valence-corrected chi connectivity index (χ0v) is 8.45. The lowest BCUT2D eigenvalue weighted by molar-refractivity contribution is -0.948. The van der Waals surface area contributed by atoms with Crippen LogP contribution in [0.5, 0.6) is 0 Å². The van der Waals surface area contributed by atoms with Gasteiger partial charge in [0.05, 0.1) is 25.7 Å². The zero-order valence-electron chi connectivity index (χ0n) is 8.45. The van der Waals surface area contributed by atoms with E-state index in [1.54, 1.807) is 0 Å². The minimum absolute atomic E-state index is 0.318. The first-order valence-electron chi connectivity index (χ1n) is 5.38. The Balaban J connectivity index is 2.13. The second kappa shape index (κ2) is 3.23. The summed E-state index contributed by atoms with van der Waals surface area (Å²) in [5.74, 6) is 0. The number of fused-ring (bicyclic) bond motifs is 2. The number of quaternary nitrogens is 1. The van der Waals surface area contributed by atoms with Crippen LogP contribution in [-0.2, 0) is 0 Å². The summed E-state index contributed by atoms with van der Waals surface area (Å²) in [4.78, 5) is 0. The fourth-order valence-corrected chi connectivity index (χ4v) is 3.37. The maximum atomic E-state index is 9.07. The molecule has 13 heavy (non-hydrogen) atoms. The highest BCUT2D eigenvalue weighted by Crippen LogP contribution is 2.40. The van der Waals surface area contributed by atoms with E-state index in [1.807, 2.05) is 0 Å². The number of hydrogen-bond donors (Lipinski definition) is 2. The van der Waals surface area contributed by atoms with Crippen molar-refractivity contribution in [3.8, 4) is 0 Å². The van der Waals surface area contributed by atoms with Crippen molar-refractivity contribution >= 4 is 0 Å². The Kier molecular flexibility index (Phi) is 2.34.